The van der Waals surface area contributed by atoms with Crippen LogP contribution < -0.4 is 5.32 Å². The molecule has 1 N–H and O–H groups in total. The summed E-state index contributed by atoms with van der Waals surface area (Å²) in [5.41, 5.74) is 0.112. The highest BCUT2D eigenvalue weighted by atomic mass is 79.9. The molecule has 0 bridgehead atoms. The topological polar surface area (TPSA) is 29.1 Å². The standard InChI is InChI=1S/C15H19BrFNO/c1-9-6-7-11(8-10(9)2)18-15(19)12-4-3-5-13(16)14(12)17/h3-5,9-11H,6-8H2,1-2H3,(H,18,19). The second-order valence-corrected chi connectivity index (χ2v) is 6.39. The van der Waals surface area contributed by atoms with Crippen molar-refractivity contribution in [1.29, 1.82) is 0 Å². The van der Waals surface area contributed by atoms with Gasteiger partial charge in [-0.25, -0.2) is 4.39 Å². The molecule has 19 heavy (non-hydrogen) atoms. The molecule has 3 atom stereocenters. The van der Waals surface area contributed by atoms with Crippen molar-refractivity contribution in [1.82, 2.24) is 5.32 Å². The van der Waals surface area contributed by atoms with Gasteiger partial charge in [0.25, 0.3) is 5.91 Å². The Hall–Kier alpha value is -0.900. The molecule has 1 aliphatic rings. The fourth-order valence-corrected chi connectivity index (χ4v) is 2.99. The molecule has 104 valence electrons. The van der Waals surface area contributed by atoms with E-state index >= 15 is 0 Å². The maximum absolute atomic E-state index is 13.8. The van der Waals surface area contributed by atoms with E-state index < -0.39 is 5.82 Å². The minimum Gasteiger partial charge on any atom is -0.349 e. The SMILES string of the molecule is CC1CCC(NC(=O)c2cccc(Br)c2F)CC1C. The largest absolute Gasteiger partial charge is 0.349 e. The number of amides is 1. The smallest absolute Gasteiger partial charge is 0.254 e. The molecule has 1 aromatic carbocycles. The zero-order valence-electron chi connectivity index (χ0n) is 11.2. The summed E-state index contributed by atoms with van der Waals surface area (Å²) in [5.74, 6) is 0.505. The van der Waals surface area contributed by atoms with E-state index in [1.165, 1.54) is 6.07 Å². The van der Waals surface area contributed by atoms with Crippen LogP contribution in [0.1, 0.15) is 43.5 Å². The summed E-state index contributed by atoms with van der Waals surface area (Å²) in [6.07, 6.45) is 3.07. The van der Waals surface area contributed by atoms with Crippen LogP contribution >= 0.6 is 15.9 Å². The fourth-order valence-electron chi connectivity index (χ4n) is 2.62. The van der Waals surface area contributed by atoms with Crippen molar-refractivity contribution in [2.24, 2.45) is 11.8 Å². The van der Waals surface area contributed by atoms with Crippen LogP contribution in [0.3, 0.4) is 0 Å². The van der Waals surface area contributed by atoms with Gasteiger partial charge in [0.05, 0.1) is 10.0 Å². The molecule has 0 radical (unpaired) electrons. The van der Waals surface area contributed by atoms with Crippen LogP contribution in [-0.2, 0) is 0 Å². The summed E-state index contributed by atoms with van der Waals surface area (Å²) in [7, 11) is 0. The van der Waals surface area contributed by atoms with Gasteiger partial charge in [-0.2, -0.15) is 0 Å². The first-order valence-electron chi connectivity index (χ1n) is 6.74. The lowest BCUT2D eigenvalue weighted by Gasteiger charge is -2.32. The number of carbonyl (C=O) groups is 1. The average molecular weight is 328 g/mol. The molecule has 1 amide bonds. The Morgan fingerprint density at radius 3 is 2.74 bits per heavy atom. The van der Waals surface area contributed by atoms with Gasteiger partial charge in [-0.1, -0.05) is 19.9 Å². The Kier molecular flexibility index (Phi) is 4.61. The molecule has 1 aliphatic carbocycles. The van der Waals surface area contributed by atoms with Crippen LogP contribution in [0.25, 0.3) is 0 Å². The van der Waals surface area contributed by atoms with Gasteiger partial charge in [0, 0.05) is 6.04 Å². The van der Waals surface area contributed by atoms with E-state index in [1.807, 2.05) is 0 Å². The monoisotopic (exact) mass is 327 g/mol. The normalized spacial score (nSPS) is 27.1. The lowest BCUT2D eigenvalue weighted by atomic mass is 9.79. The molecule has 2 rings (SSSR count). The van der Waals surface area contributed by atoms with Gasteiger partial charge < -0.3 is 5.32 Å². The van der Waals surface area contributed by atoms with E-state index in [1.54, 1.807) is 12.1 Å². The fraction of sp³-hybridized carbons (Fsp3) is 0.533. The summed E-state index contributed by atoms with van der Waals surface area (Å²) < 4.78 is 14.2. The van der Waals surface area contributed by atoms with Gasteiger partial charge in [-0.05, 0) is 59.2 Å². The van der Waals surface area contributed by atoms with Gasteiger partial charge in [0.15, 0.2) is 0 Å². The average Bonchev–Trinajstić information content (AvgIpc) is 2.37. The predicted molar refractivity (Wildman–Crippen MR) is 77.5 cm³/mol. The first-order chi connectivity index (χ1) is 8.99. The Morgan fingerprint density at radius 2 is 2.05 bits per heavy atom. The first kappa shape index (κ1) is 14.5. The van der Waals surface area contributed by atoms with Crippen molar-refractivity contribution in [3.63, 3.8) is 0 Å². The van der Waals surface area contributed by atoms with Crippen LogP contribution in [0.5, 0.6) is 0 Å². The van der Waals surface area contributed by atoms with Gasteiger partial charge in [0.1, 0.15) is 5.82 Å². The minimum absolute atomic E-state index is 0.112. The third-order valence-corrected chi connectivity index (χ3v) is 4.74. The van der Waals surface area contributed by atoms with Crippen molar-refractivity contribution >= 4 is 21.8 Å². The number of hydrogen-bond donors (Lipinski definition) is 1. The molecule has 0 aromatic heterocycles. The van der Waals surface area contributed by atoms with Gasteiger partial charge in [-0.3, -0.25) is 4.79 Å². The van der Waals surface area contributed by atoms with E-state index in [0.29, 0.717) is 16.3 Å². The van der Waals surface area contributed by atoms with E-state index in [0.717, 1.165) is 19.3 Å². The number of benzene rings is 1. The molecule has 4 heteroatoms. The molecule has 0 heterocycles. The third kappa shape index (κ3) is 3.35. The summed E-state index contributed by atoms with van der Waals surface area (Å²) in [6, 6.07) is 4.95. The van der Waals surface area contributed by atoms with Crippen LogP contribution in [0.4, 0.5) is 4.39 Å². The Bertz CT molecular complexity index is 477. The molecule has 1 aromatic rings. The quantitative estimate of drug-likeness (QED) is 0.868. The molecule has 0 spiro atoms. The maximum atomic E-state index is 13.8. The Labute approximate surface area is 121 Å². The van der Waals surface area contributed by atoms with Crippen LogP contribution in [0.15, 0.2) is 22.7 Å². The van der Waals surface area contributed by atoms with E-state index in [2.05, 4.69) is 35.1 Å². The second-order valence-electron chi connectivity index (χ2n) is 5.54. The third-order valence-electron chi connectivity index (χ3n) is 4.13. The summed E-state index contributed by atoms with van der Waals surface area (Å²) in [6.45, 7) is 4.46. The molecular formula is C15H19BrFNO. The lowest BCUT2D eigenvalue weighted by Crippen LogP contribution is -2.40. The number of carbonyl (C=O) groups excluding carboxylic acids is 1. The van der Waals surface area contributed by atoms with Crippen LogP contribution in [0, 0.1) is 17.7 Å². The summed E-state index contributed by atoms with van der Waals surface area (Å²) >= 11 is 3.10. The molecule has 1 fully saturated rings. The zero-order chi connectivity index (χ0) is 14.0. The Balaban J connectivity index is 2.03. The molecule has 1 saturated carbocycles. The first-order valence-corrected chi connectivity index (χ1v) is 7.53. The van der Waals surface area contributed by atoms with Crippen LogP contribution in [0.2, 0.25) is 0 Å². The summed E-state index contributed by atoms with van der Waals surface area (Å²) in [5, 5.41) is 2.95. The molecule has 2 nitrogen and oxygen atoms in total. The zero-order valence-corrected chi connectivity index (χ0v) is 12.8. The van der Waals surface area contributed by atoms with Crippen molar-refractivity contribution in [2.45, 2.75) is 39.2 Å². The minimum atomic E-state index is -0.489. The molecule has 0 saturated heterocycles. The predicted octanol–water partition coefficient (Wildman–Crippen LogP) is 4.14. The van der Waals surface area contributed by atoms with Crippen LogP contribution in [-0.4, -0.2) is 11.9 Å². The number of hydrogen-bond acceptors (Lipinski definition) is 1. The van der Waals surface area contributed by atoms with Gasteiger partial charge in [0.2, 0.25) is 0 Å². The highest BCUT2D eigenvalue weighted by Gasteiger charge is 2.26. The van der Waals surface area contributed by atoms with E-state index in [4.69, 9.17) is 0 Å². The Morgan fingerprint density at radius 1 is 1.32 bits per heavy atom. The molecule has 0 aliphatic heterocycles. The van der Waals surface area contributed by atoms with Crippen molar-refractivity contribution in [2.75, 3.05) is 0 Å². The highest BCUT2D eigenvalue weighted by molar-refractivity contribution is 9.10. The van der Waals surface area contributed by atoms with Crippen molar-refractivity contribution in [3.8, 4) is 0 Å². The number of nitrogens with one attached hydrogen (secondary N) is 1. The van der Waals surface area contributed by atoms with E-state index in [-0.39, 0.29) is 17.5 Å². The number of halogens is 2. The molecule has 3 unspecified atom stereocenters. The maximum Gasteiger partial charge on any atom is 0.254 e. The number of rotatable bonds is 2. The molecular weight excluding hydrogens is 309 g/mol. The second kappa shape index (κ2) is 6.04. The highest BCUT2D eigenvalue weighted by Crippen LogP contribution is 2.29. The van der Waals surface area contributed by atoms with E-state index in [9.17, 15) is 9.18 Å². The summed E-state index contributed by atoms with van der Waals surface area (Å²) in [4.78, 5) is 12.1. The van der Waals surface area contributed by atoms with Gasteiger partial charge in [-0.15, -0.1) is 0 Å². The lowest BCUT2D eigenvalue weighted by molar-refractivity contribution is 0.0906. The van der Waals surface area contributed by atoms with Crippen molar-refractivity contribution < 1.29 is 9.18 Å². The van der Waals surface area contributed by atoms with Crippen molar-refractivity contribution in [3.05, 3.63) is 34.1 Å². The van der Waals surface area contributed by atoms with Gasteiger partial charge >= 0.3 is 0 Å².